The first-order valence-corrected chi connectivity index (χ1v) is 6.98. The van der Waals surface area contributed by atoms with E-state index in [-0.39, 0.29) is 0 Å². The molecule has 1 unspecified atom stereocenters. The molecule has 100 valence electrons. The van der Waals surface area contributed by atoms with Gasteiger partial charge in [0.05, 0.1) is 18.8 Å². The van der Waals surface area contributed by atoms with E-state index < -0.39 is 0 Å². The monoisotopic (exact) mass is 247 g/mol. The molecule has 0 aliphatic heterocycles. The number of benzene rings is 1. The number of ether oxygens (including phenoxy) is 1. The zero-order chi connectivity index (χ0) is 13.1. The summed E-state index contributed by atoms with van der Waals surface area (Å²) < 4.78 is 5.96. The lowest BCUT2D eigenvalue weighted by Gasteiger charge is -2.29. The summed E-state index contributed by atoms with van der Waals surface area (Å²) in [7, 11) is 2.02. The van der Waals surface area contributed by atoms with E-state index in [4.69, 9.17) is 4.74 Å². The summed E-state index contributed by atoms with van der Waals surface area (Å²) in [5.41, 5.74) is 5.47. The molecule has 1 N–H and O–H groups in total. The second kappa shape index (κ2) is 5.85. The highest BCUT2D eigenvalue weighted by molar-refractivity contribution is 5.39. The quantitative estimate of drug-likeness (QED) is 0.860. The van der Waals surface area contributed by atoms with Crippen LogP contribution < -0.4 is 5.32 Å². The first-order valence-electron chi connectivity index (χ1n) is 6.98. The smallest absolute Gasteiger partial charge is 0.0665 e. The molecule has 0 bridgehead atoms. The summed E-state index contributed by atoms with van der Waals surface area (Å²) in [6.45, 7) is 7.33. The molecule has 0 heterocycles. The third kappa shape index (κ3) is 2.93. The second-order valence-corrected chi connectivity index (χ2v) is 5.54. The normalized spacial score (nSPS) is 17.6. The fourth-order valence-electron chi connectivity index (χ4n) is 2.82. The molecule has 2 rings (SSSR count). The average molecular weight is 247 g/mol. The minimum absolute atomic E-state index is 0.311. The van der Waals surface area contributed by atoms with E-state index in [0.29, 0.717) is 12.1 Å². The first kappa shape index (κ1) is 13.6. The van der Waals surface area contributed by atoms with E-state index in [1.165, 1.54) is 41.5 Å². The molecular weight excluding hydrogens is 222 g/mol. The van der Waals surface area contributed by atoms with Gasteiger partial charge in [-0.25, -0.2) is 0 Å². The predicted molar refractivity (Wildman–Crippen MR) is 76.0 cm³/mol. The van der Waals surface area contributed by atoms with Crippen molar-refractivity contribution in [2.75, 3.05) is 13.7 Å². The van der Waals surface area contributed by atoms with Crippen molar-refractivity contribution in [1.82, 2.24) is 5.32 Å². The molecule has 1 aliphatic rings. The molecule has 0 saturated heterocycles. The Morgan fingerprint density at radius 3 is 2.28 bits per heavy atom. The Balaban J connectivity index is 2.10. The Morgan fingerprint density at radius 2 is 1.83 bits per heavy atom. The summed E-state index contributed by atoms with van der Waals surface area (Å²) in [6, 6.07) is 4.83. The molecule has 2 heteroatoms. The highest BCUT2D eigenvalue weighted by atomic mass is 16.5. The number of nitrogens with one attached hydrogen (secondary N) is 1. The van der Waals surface area contributed by atoms with Crippen LogP contribution in [0.15, 0.2) is 12.1 Å². The lowest BCUT2D eigenvalue weighted by Crippen LogP contribution is -2.29. The summed E-state index contributed by atoms with van der Waals surface area (Å²) in [6.07, 6.45) is 4.31. The zero-order valence-electron chi connectivity index (χ0n) is 12.0. The van der Waals surface area contributed by atoms with Crippen LogP contribution in [0.4, 0.5) is 0 Å². The largest absolute Gasteiger partial charge is 0.376 e. The van der Waals surface area contributed by atoms with Crippen molar-refractivity contribution in [3.05, 3.63) is 34.4 Å². The molecule has 0 spiro atoms. The molecule has 2 nitrogen and oxygen atoms in total. The molecule has 0 aromatic heterocycles. The predicted octanol–water partition coefficient (Wildman–Crippen LogP) is 3.44. The third-order valence-electron chi connectivity index (χ3n) is 3.99. The van der Waals surface area contributed by atoms with E-state index >= 15 is 0 Å². The van der Waals surface area contributed by atoms with Gasteiger partial charge in [-0.15, -0.1) is 0 Å². The van der Waals surface area contributed by atoms with Crippen molar-refractivity contribution in [2.45, 2.75) is 52.2 Å². The van der Waals surface area contributed by atoms with Gasteiger partial charge in [-0.2, -0.15) is 0 Å². The van der Waals surface area contributed by atoms with Crippen molar-refractivity contribution in [1.29, 1.82) is 0 Å². The third-order valence-corrected chi connectivity index (χ3v) is 3.99. The number of hydrogen-bond acceptors (Lipinski definition) is 2. The van der Waals surface area contributed by atoms with Gasteiger partial charge in [-0.05, 0) is 63.8 Å². The van der Waals surface area contributed by atoms with E-state index in [1.807, 2.05) is 7.05 Å². The van der Waals surface area contributed by atoms with Gasteiger partial charge in [0, 0.05) is 0 Å². The average Bonchev–Trinajstić information content (AvgIpc) is 2.23. The van der Waals surface area contributed by atoms with Crippen molar-refractivity contribution in [3.63, 3.8) is 0 Å². The van der Waals surface area contributed by atoms with Crippen LogP contribution in [0.1, 0.15) is 47.6 Å². The Labute approximate surface area is 111 Å². The van der Waals surface area contributed by atoms with Gasteiger partial charge >= 0.3 is 0 Å². The maximum absolute atomic E-state index is 5.96. The van der Waals surface area contributed by atoms with Gasteiger partial charge < -0.3 is 10.1 Å². The summed E-state index contributed by atoms with van der Waals surface area (Å²) in [4.78, 5) is 0. The van der Waals surface area contributed by atoms with E-state index in [9.17, 15) is 0 Å². The molecule has 18 heavy (non-hydrogen) atoms. The number of likely N-dealkylation sites (N-methyl/N-ethyl adjacent to an activating group) is 1. The maximum atomic E-state index is 5.96. The first-order chi connectivity index (χ1) is 8.61. The van der Waals surface area contributed by atoms with Crippen LogP contribution in [0, 0.1) is 20.8 Å². The minimum Gasteiger partial charge on any atom is -0.376 e. The number of hydrogen-bond donors (Lipinski definition) is 1. The molecule has 1 fully saturated rings. The lowest BCUT2D eigenvalue weighted by molar-refractivity contribution is -0.00808. The molecule has 1 aromatic carbocycles. The van der Waals surface area contributed by atoms with Crippen LogP contribution in [-0.4, -0.2) is 19.8 Å². The summed E-state index contributed by atoms with van der Waals surface area (Å²) in [5, 5.41) is 3.40. The molecule has 0 amide bonds. The standard InChI is InChI=1S/C16H25NO/c1-11-8-12(2)16(13(3)9-11)15(17-4)10-18-14-6-5-7-14/h8-9,14-15,17H,5-7,10H2,1-4H3. The second-order valence-electron chi connectivity index (χ2n) is 5.54. The van der Waals surface area contributed by atoms with Crippen molar-refractivity contribution >= 4 is 0 Å². The summed E-state index contributed by atoms with van der Waals surface area (Å²) in [5.74, 6) is 0. The highest BCUT2D eigenvalue weighted by Gasteiger charge is 2.21. The van der Waals surface area contributed by atoms with Crippen molar-refractivity contribution in [3.8, 4) is 0 Å². The van der Waals surface area contributed by atoms with Gasteiger partial charge in [0.25, 0.3) is 0 Å². The van der Waals surface area contributed by atoms with Gasteiger partial charge in [0.1, 0.15) is 0 Å². The zero-order valence-corrected chi connectivity index (χ0v) is 12.0. The van der Waals surface area contributed by atoms with Crippen molar-refractivity contribution < 1.29 is 4.74 Å². The fourth-order valence-corrected chi connectivity index (χ4v) is 2.82. The molecule has 1 aromatic rings. The van der Waals surface area contributed by atoms with Crippen LogP contribution in [0.25, 0.3) is 0 Å². The molecule has 0 radical (unpaired) electrons. The van der Waals surface area contributed by atoms with Crippen LogP contribution >= 0.6 is 0 Å². The van der Waals surface area contributed by atoms with Crippen LogP contribution in [0.5, 0.6) is 0 Å². The van der Waals surface area contributed by atoms with E-state index in [1.54, 1.807) is 0 Å². The molecule has 1 atom stereocenters. The Kier molecular flexibility index (Phi) is 4.41. The van der Waals surface area contributed by atoms with Crippen LogP contribution in [0.3, 0.4) is 0 Å². The molecule has 1 aliphatic carbocycles. The topological polar surface area (TPSA) is 21.3 Å². The highest BCUT2D eigenvalue weighted by Crippen LogP contribution is 2.27. The Bertz CT molecular complexity index is 387. The molecule has 1 saturated carbocycles. The molecular formula is C16H25NO. The summed E-state index contributed by atoms with van der Waals surface area (Å²) >= 11 is 0. The van der Waals surface area contributed by atoms with Crippen LogP contribution in [-0.2, 0) is 4.74 Å². The minimum atomic E-state index is 0.311. The van der Waals surface area contributed by atoms with Crippen LogP contribution in [0.2, 0.25) is 0 Å². The Hall–Kier alpha value is -0.860. The van der Waals surface area contributed by atoms with E-state index in [0.717, 1.165) is 6.61 Å². The van der Waals surface area contributed by atoms with Gasteiger partial charge in [-0.3, -0.25) is 0 Å². The Morgan fingerprint density at radius 1 is 1.22 bits per heavy atom. The van der Waals surface area contributed by atoms with E-state index in [2.05, 4.69) is 38.2 Å². The number of aryl methyl sites for hydroxylation is 3. The lowest BCUT2D eigenvalue weighted by atomic mass is 9.93. The fraction of sp³-hybridized carbons (Fsp3) is 0.625. The maximum Gasteiger partial charge on any atom is 0.0665 e. The number of rotatable bonds is 5. The van der Waals surface area contributed by atoms with Gasteiger partial charge in [0.15, 0.2) is 0 Å². The van der Waals surface area contributed by atoms with Gasteiger partial charge in [0.2, 0.25) is 0 Å². The SMILES string of the molecule is CNC(COC1CCC1)c1c(C)cc(C)cc1C. The van der Waals surface area contributed by atoms with Crippen molar-refractivity contribution in [2.24, 2.45) is 0 Å². The van der Waals surface area contributed by atoms with Gasteiger partial charge in [-0.1, -0.05) is 17.7 Å².